The summed E-state index contributed by atoms with van der Waals surface area (Å²) >= 11 is 0. The lowest BCUT2D eigenvalue weighted by molar-refractivity contribution is -0.301. The highest BCUT2D eigenvalue weighted by molar-refractivity contribution is 7.88. The predicted molar refractivity (Wildman–Crippen MR) is 319 cm³/mol. The first-order chi connectivity index (χ1) is 42.5. The maximum atomic E-state index is 14.4. The largest absolute Gasteiger partial charge is 0.534 e. The quantitative estimate of drug-likeness (QED) is 0.0153. The van der Waals surface area contributed by atoms with E-state index < -0.39 is 93.3 Å². The van der Waals surface area contributed by atoms with Crippen LogP contribution in [-0.2, 0) is 81.2 Å². The van der Waals surface area contributed by atoms with Crippen LogP contribution in [0, 0.1) is 23.6 Å². The van der Waals surface area contributed by atoms with Crippen LogP contribution in [0.1, 0.15) is 76.4 Å². The van der Waals surface area contributed by atoms with Crippen LogP contribution in [0.3, 0.4) is 0 Å². The Morgan fingerprint density at radius 1 is 0.580 bits per heavy atom. The van der Waals surface area contributed by atoms with Gasteiger partial charge < -0.3 is 42.6 Å². The molecule has 9 atom stereocenters. The standard InChI is InChI=1S/C70H63F4NO12S/c1-48(76)86-61(55-31-33-57(71)34-32-55)40-39-60-62(75(68(60)77)58-35-37-59(38-36-58)87-88(79,80)70(72,73)74)56-29-27-49(28-30-56)41-42-69(78)66(84-46-53-23-13-5-14-24-53)64(82-44-51-19-9-3-10-20-51)63(81-43-50-17-7-2-8-18-50)65(83-45-52-21-11-4-12-22-52)67(69)85-47-54-25-15-6-16-26-54/h2-38,60-67,78H,39-40,43-47H2,1H3/t60-,61+,62-,63-,64-,65+,66+,67-,69?/m1/s1. The van der Waals surface area contributed by atoms with Crippen molar-refractivity contribution in [2.45, 2.75) is 107 Å². The molecule has 1 saturated carbocycles. The SMILES string of the molecule is CC(=O)O[C@@H](CC[C@H]1C(=O)N(c2ccc(OS(=O)(=O)C(F)(F)F)cc2)[C@@H]1c1ccc(C#CC2(O)[C@H](OCc3ccccc3)[C@@H](OCc3ccccc3)[C@H](OCc3ccccc3)[C@@H](OCc3ccccc3)[C@@H]2OCc2ccccc2)cc1)c1ccc(F)cc1. The summed E-state index contributed by atoms with van der Waals surface area (Å²) in [6, 6.07) is 64.0. The van der Waals surface area contributed by atoms with E-state index in [4.69, 9.17) is 28.4 Å². The second-order valence-corrected chi connectivity index (χ2v) is 22.9. The molecule has 0 bridgehead atoms. The summed E-state index contributed by atoms with van der Waals surface area (Å²) in [6.07, 6.45) is -6.21. The lowest BCUT2D eigenvalue weighted by Crippen LogP contribution is -2.72. The van der Waals surface area contributed by atoms with Crippen LogP contribution in [0.25, 0.3) is 0 Å². The van der Waals surface area contributed by atoms with Gasteiger partial charge in [0.1, 0.15) is 48.2 Å². The maximum Gasteiger partial charge on any atom is 0.534 e. The lowest BCUT2D eigenvalue weighted by atomic mass is 9.74. The molecule has 1 unspecified atom stereocenters. The number of esters is 1. The minimum Gasteiger partial charge on any atom is -0.458 e. The Bertz CT molecular complexity index is 3630. The van der Waals surface area contributed by atoms with Gasteiger partial charge in [-0.25, -0.2) is 4.39 Å². The number of benzene rings is 8. The molecule has 8 aromatic carbocycles. The Hall–Kier alpha value is -8.51. The molecular weight excluding hydrogens is 1150 g/mol. The third-order valence-corrected chi connectivity index (χ3v) is 16.3. The molecule has 10 rings (SSSR count). The molecule has 2 aliphatic rings. The molecule has 18 heteroatoms. The number of β-lactam (4-membered cyclic amide) rings is 1. The van der Waals surface area contributed by atoms with Gasteiger partial charge in [-0.1, -0.05) is 188 Å². The van der Waals surface area contributed by atoms with E-state index in [9.17, 15) is 40.7 Å². The number of aliphatic hydroxyl groups is 1. The fourth-order valence-electron chi connectivity index (χ4n) is 10.9. The van der Waals surface area contributed by atoms with E-state index in [2.05, 4.69) is 16.0 Å². The van der Waals surface area contributed by atoms with Gasteiger partial charge in [-0.2, -0.15) is 21.6 Å². The Balaban J connectivity index is 1.05. The first-order valence-corrected chi connectivity index (χ1v) is 29.9. The average molecular weight is 1220 g/mol. The van der Waals surface area contributed by atoms with Crippen molar-refractivity contribution in [2.24, 2.45) is 5.92 Å². The highest BCUT2D eigenvalue weighted by Crippen LogP contribution is 2.48. The monoisotopic (exact) mass is 1220 g/mol. The summed E-state index contributed by atoms with van der Waals surface area (Å²) in [5, 5.41) is 14.0. The number of anilines is 1. The first-order valence-electron chi connectivity index (χ1n) is 28.5. The fourth-order valence-corrected chi connectivity index (χ4v) is 11.4. The minimum atomic E-state index is -6.00. The van der Waals surface area contributed by atoms with E-state index in [1.807, 2.05) is 152 Å². The number of nitrogens with zero attached hydrogens (tertiary/aromatic N) is 1. The third-order valence-electron chi connectivity index (χ3n) is 15.3. The number of alkyl halides is 3. The normalized spacial score (nSPS) is 21.3. The predicted octanol–water partition coefficient (Wildman–Crippen LogP) is 12.9. The molecule has 454 valence electrons. The highest BCUT2D eigenvalue weighted by atomic mass is 32.2. The molecule has 8 aromatic rings. The molecule has 1 amide bonds. The second kappa shape index (κ2) is 28.5. The number of hydrogen-bond donors (Lipinski definition) is 1. The van der Waals surface area contributed by atoms with Gasteiger partial charge in [0.15, 0.2) is 5.60 Å². The molecule has 13 nitrogen and oxygen atoms in total. The van der Waals surface area contributed by atoms with Gasteiger partial charge in [0, 0.05) is 18.2 Å². The van der Waals surface area contributed by atoms with E-state index in [-0.39, 0.29) is 51.6 Å². The van der Waals surface area contributed by atoms with E-state index in [1.54, 1.807) is 24.3 Å². The zero-order chi connectivity index (χ0) is 61.7. The van der Waals surface area contributed by atoms with Crippen molar-refractivity contribution in [1.29, 1.82) is 0 Å². The first kappa shape index (κ1) is 62.5. The fraction of sp³-hybridized carbons (Fsp3) is 0.257. The van der Waals surface area contributed by atoms with E-state index in [0.29, 0.717) is 16.7 Å². The van der Waals surface area contributed by atoms with Crippen molar-refractivity contribution in [1.82, 2.24) is 0 Å². The number of hydrogen-bond acceptors (Lipinski definition) is 12. The molecule has 1 N–H and O–H groups in total. The summed E-state index contributed by atoms with van der Waals surface area (Å²) in [4.78, 5) is 28.1. The Morgan fingerprint density at radius 3 is 1.42 bits per heavy atom. The van der Waals surface area contributed by atoms with Gasteiger partial charge in [0.2, 0.25) is 5.91 Å². The van der Waals surface area contributed by atoms with Crippen molar-refractivity contribution in [3.8, 4) is 17.6 Å². The zero-order valence-corrected chi connectivity index (χ0v) is 48.6. The Labute approximate surface area is 508 Å². The van der Waals surface area contributed by atoms with Crippen LogP contribution in [0.15, 0.2) is 224 Å². The van der Waals surface area contributed by atoms with Gasteiger partial charge in [0.25, 0.3) is 0 Å². The minimum absolute atomic E-state index is 0.0213. The third kappa shape index (κ3) is 15.4. The van der Waals surface area contributed by atoms with Gasteiger partial charge in [0.05, 0.1) is 45.0 Å². The second-order valence-electron chi connectivity index (χ2n) is 21.4. The summed E-state index contributed by atoms with van der Waals surface area (Å²) in [5.41, 5.74) is -2.03. The van der Waals surface area contributed by atoms with E-state index >= 15 is 0 Å². The number of carbonyl (C=O) groups is 2. The molecule has 1 aliphatic heterocycles. The van der Waals surface area contributed by atoms with Crippen molar-refractivity contribution >= 4 is 27.7 Å². The van der Waals surface area contributed by atoms with Crippen LogP contribution in [0.2, 0.25) is 0 Å². The number of carbonyl (C=O) groups excluding carboxylic acids is 2. The number of halogens is 4. The van der Waals surface area contributed by atoms with Crippen molar-refractivity contribution in [3.05, 3.63) is 275 Å². The topological polar surface area (TPSA) is 156 Å². The smallest absolute Gasteiger partial charge is 0.458 e. The molecule has 0 aromatic heterocycles. The van der Waals surface area contributed by atoms with Gasteiger partial charge in [-0.15, -0.1) is 0 Å². The zero-order valence-electron chi connectivity index (χ0n) is 47.7. The Kier molecular flexibility index (Phi) is 20.3. The molecule has 1 heterocycles. The van der Waals surface area contributed by atoms with Gasteiger partial charge in [-0.05, 0) is 100 Å². The van der Waals surface area contributed by atoms with Crippen LogP contribution >= 0.6 is 0 Å². The number of rotatable bonds is 24. The van der Waals surface area contributed by atoms with Gasteiger partial charge >= 0.3 is 21.6 Å². The molecule has 88 heavy (non-hydrogen) atoms. The summed E-state index contributed by atoms with van der Waals surface area (Å²) < 4.78 is 123. The van der Waals surface area contributed by atoms with Crippen LogP contribution in [0.4, 0.5) is 23.2 Å². The van der Waals surface area contributed by atoms with Crippen LogP contribution in [0.5, 0.6) is 5.75 Å². The van der Waals surface area contributed by atoms with Crippen molar-refractivity contribution in [2.75, 3.05) is 4.90 Å². The molecule has 0 spiro atoms. The average Bonchev–Trinajstić information content (AvgIpc) is 0.807. The van der Waals surface area contributed by atoms with E-state index in [1.165, 1.54) is 48.2 Å². The summed E-state index contributed by atoms with van der Waals surface area (Å²) in [5.74, 6) is 3.61. The van der Waals surface area contributed by atoms with Crippen molar-refractivity contribution < 1.29 is 73.3 Å². The van der Waals surface area contributed by atoms with Crippen molar-refractivity contribution in [3.63, 3.8) is 0 Å². The lowest BCUT2D eigenvalue weighted by Gasteiger charge is -2.52. The Morgan fingerprint density at radius 2 is 1.00 bits per heavy atom. The highest BCUT2D eigenvalue weighted by Gasteiger charge is 2.62. The number of amides is 1. The summed E-state index contributed by atoms with van der Waals surface area (Å²) in [7, 11) is -6.00. The maximum absolute atomic E-state index is 14.4. The van der Waals surface area contributed by atoms with E-state index in [0.717, 1.165) is 39.9 Å². The molecule has 1 saturated heterocycles. The van der Waals surface area contributed by atoms with Crippen LogP contribution in [-0.4, -0.2) is 67.0 Å². The van der Waals surface area contributed by atoms with Crippen LogP contribution < -0.4 is 9.08 Å². The molecule has 1 aliphatic carbocycles. The van der Waals surface area contributed by atoms with Gasteiger partial charge in [-0.3, -0.25) is 9.59 Å². The summed E-state index contributed by atoms with van der Waals surface area (Å²) in [6.45, 7) is 1.59. The molecular formula is C70H63F4NO12S. The number of ether oxygens (including phenoxy) is 6. The molecule has 2 fully saturated rings. The molecule has 0 radical (unpaired) electrons.